The van der Waals surface area contributed by atoms with Crippen molar-refractivity contribution in [2.45, 2.75) is 38.6 Å². The first kappa shape index (κ1) is 23.5. The summed E-state index contributed by atoms with van der Waals surface area (Å²) in [6, 6.07) is 30.1. The first-order chi connectivity index (χ1) is 17.7. The van der Waals surface area contributed by atoms with E-state index in [-0.39, 0.29) is 11.9 Å². The average molecular weight is 476 g/mol. The highest BCUT2D eigenvalue weighted by atomic mass is 16.2. The summed E-state index contributed by atoms with van der Waals surface area (Å²) in [4.78, 5) is 22.2. The van der Waals surface area contributed by atoms with Gasteiger partial charge in [0.05, 0.1) is 29.7 Å². The van der Waals surface area contributed by atoms with Gasteiger partial charge >= 0.3 is 0 Å². The number of hydrogen-bond acceptors (Lipinski definition) is 4. The fourth-order valence-electron chi connectivity index (χ4n) is 4.83. The quantitative estimate of drug-likeness (QED) is 0.355. The Morgan fingerprint density at radius 3 is 2.22 bits per heavy atom. The molecule has 0 bridgehead atoms. The van der Waals surface area contributed by atoms with Gasteiger partial charge in [0.1, 0.15) is 0 Å². The summed E-state index contributed by atoms with van der Waals surface area (Å²) < 4.78 is 2.13. The maximum atomic E-state index is 13.5. The van der Waals surface area contributed by atoms with Crippen LogP contribution >= 0.6 is 0 Å². The molecule has 180 valence electrons. The standard InChI is InChI=1S/C30H29N5O/c31-17-24-11-13-27(14-12-24)21-35-23-32-18-28(35)22-34(20-26-9-5-2-6-10-26)29-15-16-33(30(29)36)19-25-7-3-1-4-8-25/h1-14,18,23,29H,15-16,19-22H2/t29-/m0/s1. The number of nitriles is 1. The van der Waals surface area contributed by atoms with Crippen LogP contribution in [0.3, 0.4) is 0 Å². The van der Waals surface area contributed by atoms with E-state index in [2.05, 4.69) is 44.8 Å². The smallest absolute Gasteiger partial charge is 0.240 e. The Morgan fingerprint density at radius 1 is 0.861 bits per heavy atom. The first-order valence-corrected chi connectivity index (χ1v) is 12.3. The van der Waals surface area contributed by atoms with Crippen LogP contribution in [-0.4, -0.2) is 37.8 Å². The number of nitrogens with zero attached hydrogens (tertiary/aromatic N) is 5. The van der Waals surface area contributed by atoms with Gasteiger partial charge < -0.3 is 9.47 Å². The lowest BCUT2D eigenvalue weighted by atomic mass is 10.1. The second kappa shape index (κ2) is 11.0. The molecule has 6 heteroatoms. The first-order valence-electron chi connectivity index (χ1n) is 12.3. The number of imidazole rings is 1. The van der Waals surface area contributed by atoms with Gasteiger partial charge in [-0.25, -0.2) is 4.98 Å². The van der Waals surface area contributed by atoms with Crippen LogP contribution in [0.4, 0.5) is 0 Å². The van der Waals surface area contributed by atoms with Crippen LogP contribution in [0.2, 0.25) is 0 Å². The number of rotatable bonds is 9. The molecule has 0 unspecified atom stereocenters. The van der Waals surface area contributed by atoms with Crippen molar-refractivity contribution in [3.63, 3.8) is 0 Å². The van der Waals surface area contributed by atoms with Gasteiger partial charge in [-0.1, -0.05) is 72.8 Å². The van der Waals surface area contributed by atoms with Crippen LogP contribution < -0.4 is 0 Å². The van der Waals surface area contributed by atoms with E-state index in [9.17, 15) is 4.79 Å². The molecule has 1 atom stereocenters. The van der Waals surface area contributed by atoms with Crippen LogP contribution in [-0.2, 0) is 31.0 Å². The molecule has 0 N–H and O–H groups in total. The van der Waals surface area contributed by atoms with Crippen molar-refractivity contribution in [1.82, 2.24) is 19.4 Å². The van der Waals surface area contributed by atoms with Gasteiger partial charge in [0, 0.05) is 38.9 Å². The Kier molecular flexibility index (Phi) is 7.20. The number of carbonyl (C=O) groups excluding carboxylic acids is 1. The van der Waals surface area contributed by atoms with E-state index in [1.54, 1.807) is 0 Å². The third-order valence-corrected chi connectivity index (χ3v) is 6.75. The molecule has 1 aliphatic rings. The monoisotopic (exact) mass is 475 g/mol. The molecule has 1 saturated heterocycles. The van der Waals surface area contributed by atoms with Gasteiger partial charge in [0.25, 0.3) is 0 Å². The van der Waals surface area contributed by atoms with Crippen LogP contribution in [0.25, 0.3) is 0 Å². The molecule has 6 nitrogen and oxygen atoms in total. The molecule has 2 heterocycles. The van der Waals surface area contributed by atoms with Crippen LogP contribution in [0.1, 0.15) is 34.4 Å². The Bertz CT molecular complexity index is 1330. The van der Waals surface area contributed by atoms with E-state index in [4.69, 9.17) is 5.26 Å². The molecule has 4 aromatic rings. The lowest BCUT2D eigenvalue weighted by Crippen LogP contribution is -2.41. The van der Waals surface area contributed by atoms with E-state index in [1.807, 2.05) is 78.1 Å². The predicted octanol–water partition coefficient (Wildman–Crippen LogP) is 4.61. The lowest BCUT2D eigenvalue weighted by molar-refractivity contribution is -0.133. The number of aromatic nitrogens is 2. The van der Waals surface area contributed by atoms with Crippen molar-refractivity contribution < 1.29 is 4.79 Å². The van der Waals surface area contributed by atoms with Gasteiger partial charge in [-0.15, -0.1) is 0 Å². The normalized spacial score (nSPS) is 15.4. The summed E-state index contributed by atoms with van der Waals surface area (Å²) >= 11 is 0. The largest absolute Gasteiger partial charge is 0.337 e. The lowest BCUT2D eigenvalue weighted by Gasteiger charge is -2.28. The topological polar surface area (TPSA) is 65.2 Å². The minimum absolute atomic E-state index is 0.174. The molecule has 1 aromatic heterocycles. The molecule has 0 saturated carbocycles. The van der Waals surface area contributed by atoms with Crippen molar-refractivity contribution >= 4 is 5.91 Å². The van der Waals surface area contributed by atoms with Crippen LogP contribution in [0, 0.1) is 11.3 Å². The SMILES string of the molecule is N#Cc1ccc(Cn2cncc2CN(Cc2ccccc2)[C@H]2CCN(Cc3ccccc3)C2=O)cc1. The van der Waals surface area contributed by atoms with E-state index in [0.29, 0.717) is 31.7 Å². The number of amides is 1. The molecule has 1 aliphatic heterocycles. The van der Waals surface area contributed by atoms with E-state index in [1.165, 1.54) is 5.56 Å². The molecule has 36 heavy (non-hydrogen) atoms. The van der Waals surface area contributed by atoms with E-state index < -0.39 is 0 Å². The molecule has 0 radical (unpaired) electrons. The highest BCUT2D eigenvalue weighted by molar-refractivity contribution is 5.84. The number of likely N-dealkylation sites (tertiary alicyclic amines) is 1. The minimum atomic E-state index is -0.174. The molecule has 0 spiro atoms. The van der Waals surface area contributed by atoms with E-state index >= 15 is 0 Å². The van der Waals surface area contributed by atoms with Crippen LogP contribution in [0.5, 0.6) is 0 Å². The Hall–Kier alpha value is -4.21. The molecule has 0 aliphatic carbocycles. The second-order valence-corrected chi connectivity index (χ2v) is 9.26. The summed E-state index contributed by atoms with van der Waals surface area (Å²) in [7, 11) is 0. The predicted molar refractivity (Wildman–Crippen MR) is 138 cm³/mol. The maximum absolute atomic E-state index is 13.5. The van der Waals surface area contributed by atoms with Gasteiger partial charge in [0.2, 0.25) is 5.91 Å². The molecule has 5 rings (SSSR count). The number of carbonyl (C=O) groups is 1. The Morgan fingerprint density at radius 2 is 1.53 bits per heavy atom. The van der Waals surface area contributed by atoms with Gasteiger partial charge in [0.15, 0.2) is 0 Å². The van der Waals surface area contributed by atoms with Gasteiger partial charge in [-0.3, -0.25) is 9.69 Å². The van der Waals surface area contributed by atoms with E-state index in [0.717, 1.165) is 29.8 Å². The number of hydrogen-bond donors (Lipinski definition) is 0. The average Bonchev–Trinajstić information content (AvgIpc) is 3.51. The number of benzene rings is 3. The molecular weight excluding hydrogens is 446 g/mol. The van der Waals surface area contributed by atoms with Crippen molar-refractivity contribution in [2.24, 2.45) is 0 Å². The fraction of sp³-hybridized carbons (Fsp3) is 0.233. The maximum Gasteiger partial charge on any atom is 0.240 e. The summed E-state index contributed by atoms with van der Waals surface area (Å²) in [6.45, 7) is 3.39. The molecule has 1 fully saturated rings. The Balaban J connectivity index is 1.35. The highest BCUT2D eigenvalue weighted by Gasteiger charge is 2.36. The summed E-state index contributed by atoms with van der Waals surface area (Å²) in [5.41, 5.74) is 5.16. The fourth-order valence-corrected chi connectivity index (χ4v) is 4.83. The summed E-state index contributed by atoms with van der Waals surface area (Å²) in [6.07, 6.45) is 4.54. The van der Waals surface area contributed by atoms with Gasteiger partial charge in [-0.2, -0.15) is 5.26 Å². The van der Waals surface area contributed by atoms with Gasteiger partial charge in [-0.05, 0) is 35.2 Å². The van der Waals surface area contributed by atoms with Crippen molar-refractivity contribution in [3.8, 4) is 6.07 Å². The summed E-state index contributed by atoms with van der Waals surface area (Å²) in [5.74, 6) is 0.188. The zero-order valence-corrected chi connectivity index (χ0v) is 20.2. The van der Waals surface area contributed by atoms with Crippen molar-refractivity contribution in [1.29, 1.82) is 5.26 Å². The molecular formula is C30H29N5O. The van der Waals surface area contributed by atoms with Crippen LogP contribution in [0.15, 0.2) is 97.5 Å². The Labute approximate surface area is 212 Å². The van der Waals surface area contributed by atoms with Crippen molar-refractivity contribution in [3.05, 3.63) is 125 Å². The zero-order valence-electron chi connectivity index (χ0n) is 20.2. The minimum Gasteiger partial charge on any atom is -0.337 e. The molecule has 1 amide bonds. The second-order valence-electron chi connectivity index (χ2n) is 9.26. The third kappa shape index (κ3) is 5.54. The molecule has 3 aromatic carbocycles. The zero-order chi connectivity index (χ0) is 24.7. The third-order valence-electron chi connectivity index (χ3n) is 6.75. The summed E-state index contributed by atoms with van der Waals surface area (Å²) in [5, 5.41) is 9.07. The van der Waals surface area contributed by atoms with Crippen molar-refractivity contribution in [2.75, 3.05) is 6.54 Å². The highest BCUT2D eigenvalue weighted by Crippen LogP contribution is 2.24.